The fraction of sp³-hybridized carbons (Fsp3) is 0.333. The normalized spacial score (nSPS) is 13.6. The zero-order valence-electron chi connectivity index (χ0n) is 15.3. The van der Waals surface area contributed by atoms with Crippen molar-refractivity contribution in [3.05, 3.63) is 70.7 Å². The van der Waals surface area contributed by atoms with Crippen LogP contribution in [0, 0.1) is 11.8 Å². The van der Waals surface area contributed by atoms with E-state index in [0.29, 0.717) is 18.2 Å². The zero-order chi connectivity index (χ0) is 19.0. The summed E-state index contributed by atoms with van der Waals surface area (Å²) in [7, 11) is 0. The summed E-state index contributed by atoms with van der Waals surface area (Å²) in [6.45, 7) is 6.60. The lowest BCUT2D eigenvalue weighted by atomic mass is 10.2. The van der Waals surface area contributed by atoms with Crippen LogP contribution in [0.4, 0.5) is 0 Å². The molecule has 0 fully saturated rings. The SMILES string of the molecule is CC(C)(C)[S@+]([O-])N[C@@H](C#Cc1ccc(Cl)cc1)COCc1ccccc1. The fourth-order valence-electron chi connectivity index (χ4n) is 1.98. The van der Waals surface area contributed by atoms with Crippen molar-refractivity contribution in [2.24, 2.45) is 0 Å². The summed E-state index contributed by atoms with van der Waals surface area (Å²) in [5, 5.41) is 0.672. The van der Waals surface area contributed by atoms with Crippen LogP contribution in [0.1, 0.15) is 31.9 Å². The Morgan fingerprint density at radius 2 is 1.77 bits per heavy atom. The minimum absolute atomic E-state index is 0.338. The van der Waals surface area contributed by atoms with Crippen LogP contribution in [0.25, 0.3) is 0 Å². The quantitative estimate of drug-likeness (QED) is 0.590. The zero-order valence-corrected chi connectivity index (χ0v) is 16.9. The number of ether oxygens (including phenoxy) is 1. The van der Waals surface area contributed by atoms with Crippen LogP contribution in [0.3, 0.4) is 0 Å². The van der Waals surface area contributed by atoms with E-state index in [-0.39, 0.29) is 10.8 Å². The van der Waals surface area contributed by atoms with Crippen LogP contribution >= 0.6 is 11.6 Å². The lowest BCUT2D eigenvalue weighted by Crippen LogP contribution is -2.45. The summed E-state index contributed by atoms with van der Waals surface area (Å²) >= 11 is 4.67. The van der Waals surface area contributed by atoms with Crippen molar-refractivity contribution >= 4 is 23.0 Å². The van der Waals surface area contributed by atoms with Gasteiger partial charge in [0, 0.05) is 21.9 Å². The topological polar surface area (TPSA) is 44.3 Å². The molecular weight excluding hydrogens is 366 g/mol. The number of halogens is 1. The Morgan fingerprint density at radius 1 is 1.12 bits per heavy atom. The van der Waals surface area contributed by atoms with Crippen molar-refractivity contribution < 1.29 is 9.29 Å². The largest absolute Gasteiger partial charge is 0.598 e. The minimum atomic E-state index is -1.23. The second-order valence-electron chi connectivity index (χ2n) is 6.83. The highest BCUT2D eigenvalue weighted by Crippen LogP contribution is 2.14. The molecule has 5 heteroatoms. The predicted octanol–water partition coefficient (Wildman–Crippen LogP) is 4.33. The lowest BCUT2D eigenvalue weighted by molar-refractivity contribution is 0.115. The molecule has 0 radical (unpaired) electrons. The molecule has 138 valence electrons. The van der Waals surface area contributed by atoms with E-state index in [4.69, 9.17) is 16.3 Å². The highest BCUT2D eigenvalue weighted by atomic mass is 35.5. The maximum Gasteiger partial charge on any atom is 0.137 e. The first-order chi connectivity index (χ1) is 12.3. The summed E-state index contributed by atoms with van der Waals surface area (Å²) < 4.78 is 20.9. The molecule has 0 amide bonds. The van der Waals surface area contributed by atoms with Gasteiger partial charge in [0.25, 0.3) is 0 Å². The maximum absolute atomic E-state index is 12.4. The second-order valence-corrected chi connectivity index (χ2v) is 9.26. The van der Waals surface area contributed by atoms with Gasteiger partial charge in [-0.05, 0) is 50.6 Å². The molecule has 0 aliphatic carbocycles. The van der Waals surface area contributed by atoms with Gasteiger partial charge in [-0.2, -0.15) is 0 Å². The molecule has 0 aromatic heterocycles. The van der Waals surface area contributed by atoms with Gasteiger partial charge in [-0.3, -0.25) is 0 Å². The highest BCUT2D eigenvalue weighted by Gasteiger charge is 2.28. The molecule has 2 aromatic rings. The van der Waals surface area contributed by atoms with Gasteiger partial charge in [-0.25, -0.2) is 0 Å². The Morgan fingerprint density at radius 3 is 2.38 bits per heavy atom. The van der Waals surface area contributed by atoms with E-state index in [1.807, 2.05) is 63.2 Å². The number of rotatable bonds is 6. The van der Waals surface area contributed by atoms with Gasteiger partial charge in [0.05, 0.1) is 13.2 Å². The fourth-order valence-corrected chi connectivity index (χ4v) is 2.85. The van der Waals surface area contributed by atoms with Crippen LogP contribution < -0.4 is 4.72 Å². The van der Waals surface area contributed by atoms with E-state index in [2.05, 4.69) is 16.6 Å². The number of benzene rings is 2. The molecule has 0 saturated heterocycles. The van der Waals surface area contributed by atoms with Crippen LogP contribution in [-0.4, -0.2) is 21.9 Å². The van der Waals surface area contributed by atoms with Gasteiger partial charge in [0.1, 0.15) is 10.8 Å². The van der Waals surface area contributed by atoms with E-state index in [0.717, 1.165) is 11.1 Å². The van der Waals surface area contributed by atoms with Crippen molar-refractivity contribution in [2.75, 3.05) is 6.61 Å². The molecule has 0 saturated carbocycles. The molecule has 0 spiro atoms. The second kappa shape index (κ2) is 10.0. The Bertz CT molecular complexity index is 733. The number of nitrogens with one attached hydrogen (secondary N) is 1. The van der Waals surface area contributed by atoms with E-state index in [1.54, 1.807) is 12.1 Å². The molecular formula is C21H24ClNO2S. The third-order valence-electron chi connectivity index (χ3n) is 3.44. The standard InChI is InChI=1S/C21H24ClNO2S/c1-21(2,3)26(24)23-20(14-11-17-9-12-19(22)13-10-17)16-25-15-18-7-5-4-6-8-18/h4-10,12-13,20,23H,15-16H2,1-3H3/t20-,26-/m0/s1. The molecule has 2 rings (SSSR count). The summed E-state index contributed by atoms with van der Waals surface area (Å²) in [6.07, 6.45) is 0. The predicted molar refractivity (Wildman–Crippen MR) is 109 cm³/mol. The van der Waals surface area contributed by atoms with Gasteiger partial charge in [0.2, 0.25) is 0 Å². The van der Waals surface area contributed by atoms with Gasteiger partial charge in [-0.15, -0.1) is 4.72 Å². The van der Waals surface area contributed by atoms with Crippen molar-refractivity contribution in [3.63, 3.8) is 0 Å². The number of hydrogen-bond acceptors (Lipinski definition) is 3. The van der Waals surface area contributed by atoms with Crippen LogP contribution in [0.5, 0.6) is 0 Å². The van der Waals surface area contributed by atoms with Crippen molar-refractivity contribution in [3.8, 4) is 11.8 Å². The monoisotopic (exact) mass is 389 g/mol. The van der Waals surface area contributed by atoms with Crippen molar-refractivity contribution in [2.45, 2.75) is 38.2 Å². The van der Waals surface area contributed by atoms with Gasteiger partial charge < -0.3 is 9.29 Å². The van der Waals surface area contributed by atoms with E-state index >= 15 is 0 Å². The molecule has 0 aliphatic heterocycles. The van der Waals surface area contributed by atoms with Crippen molar-refractivity contribution in [1.29, 1.82) is 0 Å². The average Bonchev–Trinajstić information content (AvgIpc) is 2.61. The Hall–Kier alpha value is -1.48. The first-order valence-corrected chi connectivity index (χ1v) is 9.94. The van der Waals surface area contributed by atoms with E-state index in [1.165, 1.54) is 0 Å². The Balaban J connectivity index is 2.02. The van der Waals surface area contributed by atoms with Crippen LogP contribution in [0.15, 0.2) is 54.6 Å². The van der Waals surface area contributed by atoms with Crippen LogP contribution in [-0.2, 0) is 22.7 Å². The average molecular weight is 390 g/mol. The van der Waals surface area contributed by atoms with Gasteiger partial charge in [-0.1, -0.05) is 53.8 Å². The molecule has 3 nitrogen and oxygen atoms in total. The molecule has 2 atom stereocenters. The Labute approximate surface area is 164 Å². The number of hydrogen-bond donors (Lipinski definition) is 1. The summed E-state index contributed by atoms with van der Waals surface area (Å²) in [4.78, 5) is 0. The van der Waals surface area contributed by atoms with Crippen molar-refractivity contribution in [1.82, 2.24) is 4.72 Å². The molecule has 0 bridgehead atoms. The summed E-state index contributed by atoms with van der Waals surface area (Å²) in [6, 6.07) is 16.9. The van der Waals surface area contributed by atoms with Gasteiger partial charge in [0.15, 0.2) is 0 Å². The molecule has 0 heterocycles. The van der Waals surface area contributed by atoms with Gasteiger partial charge >= 0.3 is 0 Å². The molecule has 1 N–H and O–H groups in total. The van der Waals surface area contributed by atoms with E-state index < -0.39 is 11.4 Å². The molecule has 2 aromatic carbocycles. The summed E-state index contributed by atoms with van der Waals surface area (Å²) in [5.41, 5.74) is 1.94. The van der Waals surface area contributed by atoms with Crippen LogP contribution in [0.2, 0.25) is 5.02 Å². The van der Waals surface area contributed by atoms with E-state index in [9.17, 15) is 4.55 Å². The molecule has 26 heavy (non-hydrogen) atoms. The molecule has 0 unspecified atom stereocenters. The smallest absolute Gasteiger partial charge is 0.137 e. The minimum Gasteiger partial charge on any atom is -0.598 e. The highest BCUT2D eigenvalue weighted by molar-refractivity contribution is 7.90. The summed E-state index contributed by atoms with van der Waals surface area (Å²) in [5.74, 6) is 6.21. The third kappa shape index (κ3) is 7.41. The first kappa shape index (κ1) is 20.8. The lowest BCUT2D eigenvalue weighted by Gasteiger charge is -2.26. The molecule has 0 aliphatic rings. The maximum atomic E-state index is 12.4. The first-order valence-electron chi connectivity index (χ1n) is 8.41. The third-order valence-corrected chi connectivity index (χ3v) is 5.30. The Kier molecular flexibility index (Phi) is 8.02.